The van der Waals surface area contributed by atoms with Crippen molar-refractivity contribution >= 4 is 28.4 Å². The van der Waals surface area contributed by atoms with E-state index in [-0.39, 0.29) is 0 Å². The summed E-state index contributed by atoms with van der Waals surface area (Å²) in [6, 6.07) is 24.3. The third-order valence-electron chi connectivity index (χ3n) is 5.99. The molecule has 4 rings (SSSR count). The summed E-state index contributed by atoms with van der Waals surface area (Å²) in [7, 11) is 0. The molecule has 1 heterocycles. The minimum absolute atomic E-state index is 0.796. The van der Waals surface area contributed by atoms with Crippen molar-refractivity contribution < 1.29 is 0 Å². The van der Waals surface area contributed by atoms with E-state index in [1.54, 1.807) is 0 Å². The molecule has 0 bridgehead atoms. The largest absolute Gasteiger partial charge is 0.372 e. The van der Waals surface area contributed by atoms with Crippen LogP contribution >= 0.6 is 0 Å². The molecule has 1 aliphatic rings. The van der Waals surface area contributed by atoms with Gasteiger partial charge in [0, 0.05) is 18.8 Å². The highest BCUT2D eigenvalue weighted by atomic mass is 15.1. The molecule has 0 spiro atoms. The molecule has 0 saturated carbocycles. The number of hydrogen-bond acceptors (Lipinski definition) is 5. The highest BCUT2D eigenvalue weighted by Crippen LogP contribution is 2.26. The van der Waals surface area contributed by atoms with Crippen LogP contribution in [0.2, 0.25) is 0 Å². The molecule has 0 N–H and O–H groups in total. The topological polar surface area (TPSA) is 52.7 Å². The lowest BCUT2D eigenvalue weighted by atomic mass is 10.1. The molecular weight excluding hydrogens is 406 g/mol. The summed E-state index contributed by atoms with van der Waals surface area (Å²) >= 11 is 0. The van der Waals surface area contributed by atoms with E-state index in [0.717, 1.165) is 42.3 Å². The monoisotopic (exact) mass is 439 g/mol. The van der Waals surface area contributed by atoms with Gasteiger partial charge in [-0.2, -0.15) is 20.5 Å². The highest BCUT2D eigenvalue weighted by Gasteiger charge is 2.11. The molecule has 33 heavy (non-hydrogen) atoms. The van der Waals surface area contributed by atoms with Crippen LogP contribution in [0.5, 0.6) is 0 Å². The van der Waals surface area contributed by atoms with Crippen molar-refractivity contribution in [3.05, 3.63) is 78.4 Å². The fourth-order valence-electron chi connectivity index (χ4n) is 4.01. The molecule has 0 radical (unpaired) electrons. The molecule has 170 valence electrons. The van der Waals surface area contributed by atoms with E-state index in [1.165, 1.54) is 49.8 Å². The smallest absolute Gasteiger partial charge is 0.0858 e. The molecule has 0 amide bonds. The van der Waals surface area contributed by atoms with Crippen molar-refractivity contribution in [2.45, 2.75) is 51.9 Å². The lowest BCUT2D eigenvalue weighted by Crippen LogP contribution is -2.17. The van der Waals surface area contributed by atoms with Gasteiger partial charge < -0.3 is 4.90 Å². The molecule has 5 nitrogen and oxygen atoms in total. The van der Waals surface area contributed by atoms with Crippen molar-refractivity contribution in [3.8, 4) is 0 Å². The fourth-order valence-corrected chi connectivity index (χ4v) is 4.01. The Morgan fingerprint density at radius 2 is 1.03 bits per heavy atom. The first-order valence-electron chi connectivity index (χ1n) is 12.2. The maximum atomic E-state index is 4.36. The predicted octanol–water partition coefficient (Wildman–Crippen LogP) is 9.24. The van der Waals surface area contributed by atoms with E-state index >= 15 is 0 Å². The van der Waals surface area contributed by atoms with Gasteiger partial charge in [-0.3, -0.25) is 0 Å². The summed E-state index contributed by atoms with van der Waals surface area (Å²) in [6.07, 6.45) is 8.84. The van der Waals surface area contributed by atoms with Crippen molar-refractivity contribution in [2.75, 3.05) is 18.0 Å². The maximum Gasteiger partial charge on any atom is 0.0858 e. The predicted molar refractivity (Wildman–Crippen MR) is 137 cm³/mol. The Morgan fingerprint density at radius 3 is 1.52 bits per heavy atom. The van der Waals surface area contributed by atoms with Gasteiger partial charge in [-0.05, 0) is 91.9 Å². The number of rotatable bonds is 10. The van der Waals surface area contributed by atoms with E-state index in [4.69, 9.17) is 0 Å². The van der Waals surface area contributed by atoms with Gasteiger partial charge in [0.1, 0.15) is 0 Å². The zero-order valence-electron chi connectivity index (χ0n) is 19.5. The van der Waals surface area contributed by atoms with Crippen LogP contribution in [0.3, 0.4) is 0 Å². The number of unbranched alkanes of at least 4 members (excludes halogenated alkanes) is 3. The Bertz CT molecular complexity index is 1030. The quantitative estimate of drug-likeness (QED) is 0.229. The normalized spacial score (nSPS) is 14.0. The molecule has 1 fully saturated rings. The van der Waals surface area contributed by atoms with Crippen molar-refractivity contribution in [1.82, 2.24) is 0 Å². The van der Waals surface area contributed by atoms with E-state index in [9.17, 15) is 0 Å². The Hall–Kier alpha value is -3.34. The first-order valence-corrected chi connectivity index (χ1v) is 12.2. The lowest BCUT2D eigenvalue weighted by molar-refractivity contribution is 0.667. The minimum Gasteiger partial charge on any atom is -0.372 e. The number of hydrogen-bond donors (Lipinski definition) is 0. The number of nitrogens with zero attached hydrogens (tertiary/aromatic N) is 5. The second-order valence-electron chi connectivity index (χ2n) is 8.60. The molecule has 0 aromatic heterocycles. The van der Waals surface area contributed by atoms with Gasteiger partial charge in [0.05, 0.1) is 22.7 Å². The van der Waals surface area contributed by atoms with Crippen LogP contribution in [-0.2, 0) is 6.42 Å². The number of azo groups is 2. The second kappa shape index (κ2) is 12.0. The van der Waals surface area contributed by atoms with Gasteiger partial charge in [0.25, 0.3) is 0 Å². The first-order chi connectivity index (χ1) is 16.3. The summed E-state index contributed by atoms with van der Waals surface area (Å²) in [5.41, 5.74) is 5.95. The van der Waals surface area contributed by atoms with Crippen LogP contribution < -0.4 is 4.90 Å². The average Bonchev–Trinajstić information content (AvgIpc) is 3.41. The number of aryl methyl sites for hydroxylation is 1. The molecule has 1 saturated heterocycles. The van der Waals surface area contributed by atoms with Crippen molar-refractivity contribution in [3.63, 3.8) is 0 Å². The summed E-state index contributed by atoms with van der Waals surface area (Å²) < 4.78 is 0. The molecule has 3 aromatic carbocycles. The zero-order valence-corrected chi connectivity index (χ0v) is 19.5. The highest BCUT2D eigenvalue weighted by molar-refractivity contribution is 5.54. The zero-order chi connectivity index (χ0) is 22.7. The van der Waals surface area contributed by atoms with E-state index in [0.29, 0.717) is 0 Å². The molecule has 0 atom stereocenters. The summed E-state index contributed by atoms with van der Waals surface area (Å²) in [4.78, 5) is 2.41. The SMILES string of the molecule is CCCCCCc1ccc(N=Nc2ccc(N=Nc3ccc(N4CCCC4)cc3)cc2)cc1. The van der Waals surface area contributed by atoms with Crippen LogP contribution in [0.15, 0.2) is 93.3 Å². The third kappa shape index (κ3) is 7.07. The average molecular weight is 440 g/mol. The van der Waals surface area contributed by atoms with E-state index < -0.39 is 0 Å². The minimum atomic E-state index is 0.796. The molecule has 5 heteroatoms. The van der Waals surface area contributed by atoms with Gasteiger partial charge in [-0.1, -0.05) is 38.3 Å². The summed E-state index contributed by atoms with van der Waals surface area (Å²) in [6.45, 7) is 4.54. The Kier molecular flexibility index (Phi) is 8.34. The van der Waals surface area contributed by atoms with Crippen LogP contribution in [0.25, 0.3) is 0 Å². The molecule has 0 aliphatic carbocycles. The molecule has 3 aromatic rings. The molecule has 1 aliphatic heterocycles. The van der Waals surface area contributed by atoms with Crippen molar-refractivity contribution in [2.24, 2.45) is 20.5 Å². The Balaban J connectivity index is 1.28. The van der Waals surface area contributed by atoms with Gasteiger partial charge in [-0.15, -0.1) is 0 Å². The fraction of sp³-hybridized carbons (Fsp3) is 0.357. The van der Waals surface area contributed by atoms with Gasteiger partial charge in [0.15, 0.2) is 0 Å². The summed E-state index contributed by atoms with van der Waals surface area (Å²) in [5, 5.41) is 17.4. The molecule has 0 unspecified atom stereocenters. The molecular formula is C28H33N5. The number of benzene rings is 3. The maximum absolute atomic E-state index is 4.36. The third-order valence-corrected chi connectivity index (χ3v) is 5.99. The van der Waals surface area contributed by atoms with Gasteiger partial charge in [0.2, 0.25) is 0 Å². The standard InChI is InChI=1S/C28H33N5/c1-2-3-4-5-8-23-9-11-24(12-10-23)29-30-25-13-15-26(16-14-25)31-32-27-17-19-28(20-18-27)33-21-6-7-22-33/h9-20H,2-8,21-22H2,1H3. The van der Waals surface area contributed by atoms with Crippen LogP contribution in [0.1, 0.15) is 51.0 Å². The van der Waals surface area contributed by atoms with Crippen LogP contribution in [0, 0.1) is 0 Å². The Morgan fingerprint density at radius 1 is 0.576 bits per heavy atom. The Labute approximate surface area is 197 Å². The van der Waals surface area contributed by atoms with Crippen LogP contribution in [0.4, 0.5) is 28.4 Å². The second-order valence-corrected chi connectivity index (χ2v) is 8.60. The lowest BCUT2D eigenvalue weighted by Gasteiger charge is -2.17. The van der Waals surface area contributed by atoms with E-state index in [2.05, 4.69) is 56.5 Å². The van der Waals surface area contributed by atoms with E-state index in [1.807, 2.05) is 48.5 Å². The summed E-state index contributed by atoms with van der Waals surface area (Å²) in [5.74, 6) is 0. The van der Waals surface area contributed by atoms with Gasteiger partial charge in [-0.25, -0.2) is 0 Å². The van der Waals surface area contributed by atoms with Crippen molar-refractivity contribution in [1.29, 1.82) is 0 Å². The van der Waals surface area contributed by atoms with Crippen LogP contribution in [-0.4, -0.2) is 13.1 Å². The first kappa shape index (κ1) is 22.8. The van der Waals surface area contributed by atoms with Gasteiger partial charge >= 0.3 is 0 Å². The number of anilines is 1.